The number of nitrogens with zero attached hydrogens (tertiary/aromatic N) is 3. The van der Waals surface area contributed by atoms with Crippen LogP contribution < -0.4 is 0 Å². The number of fused-ring (bicyclic) bond motifs is 1. The van der Waals surface area contributed by atoms with Crippen molar-refractivity contribution in [3.63, 3.8) is 0 Å². The van der Waals surface area contributed by atoms with Gasteiger partial charge in [-0.05, 0) is 12.5 Å². The van der Waals surface area contributed by atoms with Gasteiger partial charge in [-0.25, -0.2) is 9.97 Å². The third-order valence-electron chi connectivity index (χ3n) is 3.06. The van der Waals surface area contributed by atoms with Gasteiger partial charge in [0.2, 0.25) is 5.78 Å². The van der Waals surface area contributed by atoms with Gasteiger partial charge in [0, 0.05) is 17.8 Å². The number of aromatic nitrogens is 3. The Kier molecular flexibility index (Phi) is 3.98. The van der Waals surface area contributed by atoms with Crippen molar-refractivity contribution in [3.05, 3.63) is 53.9 Å². The fourth-order valence-electron chi connectivity index (χ4n) is 2.04. The van der Waals surface area contributed by atoms with Gasteiger partial charge in [0.15, 0.2) is 5.16 Å². The van der Waals surface area contributed by atoms with E-state index >= 15 is 0 Å². The predicted molar refractivity (Wildman–Crippen MR) is 86.4 cm³/mol. The lowest BCUT2D eigenvalue weighted by atomic mass is 10.1. The number of ketones is 1. The lowest BCUT2D eigenvalue weighted by Gasteiger charge is -2.02. The molecule has 1 aromatic carbocycles. The van der Waals surface area contributed by atoms with E-state index in [4.69, 9.17) is 0 Å². The maximum atomic E-state index is 12.5. The third kappa shape index (κ3) is 2.69. The van der Waals surface area contributed by atoms with E-state index in [0.29, 0.717) is 11.3 Å². The van der Waals surface area contributed by atoms with Crippen LogP contribution in [0.4, 0.5) is 0 Å². The van der Waals surface area contributed by atoms with E-state index < -0.39 is 0 Å². The quantitative estimate of drug-likeness (QED) is 0.319. The summed E-state index contributed by atoms with van der Waals surface area (Å²) in [7, 11) is 0. The summed E-state index contributed by atoms with van der Waals surface area (Å²) in [5.41, 5.74) is 1.83. The molecule has 0 spiro atoms. The summed E-state index contributed by atoms with van der Waals surface area (Å²) >= 11 is 3.10. The predicted octanol–water partition coefficient (Wildman–Crippen LogP) is 3.40. The van der Waals surface area contributed by atoms with E-state index in [1.54, 1.807) is 30.1 Å². The Morgan fingerprint density at radius 2 is 1.86 bits per heavy atom. The van der Waals surface area contributed by atoms with Gasteiger partial charge in [0.05, 0.1) is 0 Å². The summed E-state index contributed by atoms with van der Waals surface area (Å²) in [5.74, 6) is -0.0722. The molecule has 4 nitrogen and oxygen atoms in total. The molecule has 0 atom stereocenters. The Bertz CT molecular complexity index is 799. The second kappa shape index (κ2) is 5.91. The maximum Gasteiger partial charge on any atom is 0.212 e. The Morgan fingerprint density at radius 1 is 1.10 bits per heavy atom. The van der Waals surface area contributed by atoms with Crippen molar-refractivity contribution in [3.8, 4) is 0 Å². The van der Waals surface area contributed by atoms with Crippen molar-refractivity contribution in [1.82, 2.24) is 14.4 Å². The average molecular weight is 315 g/mol. The molecular weight excluding hydrogens is 302 g/mol. The first-order valence-electron chi connectivity index (χ1n) is 6.31. The van der Waals surface area contributed by atoms with E-state index in [1.165, 1.54) is 11.8 Å². The summed E-state index contributed by atoms with van der Waals surface area (Å²) < 4.78 is 1.86. The molecule has 3 aromatic rings. The topological polar surface area (TPSA) is 47.3 Å². The largest absolute Gasteiger partial charge is 0.287 e. The molecule has 0 bridgehead atoms. The minimum Gasteiger partial charge on any atom is -0.287 e. The van der Waals surface area contributed by atoms with Crippen LogP contribution in [0, 0.1) is 0 Å². The fourth-order valence-corrected chi connectivity index (χ4v) is 3.03. The normalized spacial score (nSPS) is 11.0. The van der Waals surface area contributed by atoms with Crippen molar-refractivity contribution >= 4 is 35.0 Å². The zero-order chi connectivity index (χ0) is 14.8. The standard InChI is InChI=1S/C15H13N3OS2/c1-20-13-8-12-16-11(9-18(12)15(17-13)21-2)14(19)10-6-4-3-5-7-10/h3-9H,1-2H3. The van der Waals surface area contributed by atoms with Crippen LogP contribution in [0.25, 0.3) is 5.65 Å². The highest BCUT2D eigenvalue weighted by atomic mass is 32.2. The molecule has 2 aromatic heterocycles. The van der Waals surface area contributed by atoms with Crippen LogP contribution in [0.15, 0.2) is 52.8 Å². The minimum absolute atomic E-state index is 0.0722. The highest BCUT2D eigenvalue weighted by molar-refractivity contribution is 7.99. The molecule has 0 radical (unpaired) electrons. The second-order valence-corrected chi connectivity index (χ2v) is 5.93. The number of imidazole rings is 1. The molecule has 0 aliphatic heterocycles. The molecule has 21 heavy (non-hydrogen) atoms. The summed E-state index contributed by atoms with van der Waals surface area (Å²) in [6.45, 7) is 0. The maximum absolute atomic E-state index is 12.5. The Morgan fingerprint density at radius 3 is 2.52 bits per heavy atom. The number of thioether (sulfide) groups is 2. The van der Waals surface area contributed by atoms with Crippen LogP contribution in [0.5, 0.6) is 0 Å². The molecule has 0 saturated carbocycles. The molecule has 0 unspecified atom stereocenters. The zero-order valence-corrected chi connectivity index (χ0v) is 13.2. The molecule has 0 aliphatic carbocycles. The van der Waals surface area contributed by atoms with Gasteiger partial charge in [-0.1, -0.05) is 42.1 Å². The average Bonchev–Trinajstić information content (AvgIpc) is 2.97. The first-order chi connectivity index (χ1) is 10.2. The van der Waals surface area contributed by atoms with Gasteiger partial charge in [0.1, 0.15) is 16.4 Å². The molecule has 106 valence electrons. The molecular formula is C15H13N3OS2. The van der Waals surface area contributed by atoms with E-state index in [9.17, 15) is 4.79 Å². The number of benzene rings is 1. The van der Waals surface area contributed by atoms with E-state index in [1.807, 2.05) is 41.2 Å². The van der Waals surface area contributed by atoms with E-state index in [2.05, 4.69) is 9.97 Å². The number of hydrogen-bond acceptors (Lipinski definition) is 5. The van der Waals surface area contributed by atoms with Crippen LogP contribution in [0.1, 0.15) is 16.1 Å². The Hall–Kier alpha value is -1.79. The van der Waals surface area contributed by atoms with E-state index in [-0.39, 0.29) is 5.78 Å². The van der Waals surface area contributed by atoms with Crippen molar-refractivity contribution in [2.24, 2.45) is 0 Å². The molecule has 0 saturated heterocycles. The Labute approximate surface area is 131 Å². The van der Waals surface area contributed by atoms with Crippen molar-refractivity contribution in [1.29, 1.82) is 0 Å². The summed E-state index contributed by atoms with van der Waals surface area (Å²) in [6.07, 6.45) is 5.69. The van der Waals surface area contributed by atoms with Crippen LogP contribution in [0.3, 0.4) is 0 Å². The highest BCUT2D eigenvalue weighted by Crippen LogP contribution is 2.22. The van der Waals surface area contributed by atoms with Crippen molar-refractivity contribution in [2.45, 2.75) is 10.2 Å². The second-order valence-electron chi connectivity index (χ2n) is 4.33. The molecule has 0 fully saturated rings. The molecule has 6 heteroatoms. The van der Waals surface area contributed by atoms with Gasteiger partial charge in [-0.15, -0.1) is 11.8 Å². The molecule has 2 heterocycles. The smallest absolute Gasteiger partial charge is 0.212 e. The molecule has 0 aliphatic rings. The Balaban J connectivity index is 2.11. The molecule has 0 amide bonds. The van der Waals surface area contributed by atoms with E-state index in [0.717, 1.165) is 15.8 Å². The van der Waals surface area contributed by atoms with Crippen LogP contribution in [-0.2, 0) is 0 Å². The minimum atomic E-state index is -0.0722. The highest BCUT2D eigenvalue weighted by Gasteiger charge is 2.15. The monoisotopic (exact) mass is 315 g/mol. The summed E-state index contributed by atoms with van der Waals surface area (Å²) in [6, 6.07) is 11.1. The lowest BCUT2D eigenvalue weighted by Crippen LogP contribution is -2.00. The van der Waals surface area contributed by atoms with Crippen LogP contribution in [-0.4, -0.2) is 32.7 Å². The summed E-state index contributed by atoms with van der Waals surface area (Å²) in [5, 5.41) is 1.73. The lowest BCUT2D eigenvalue weighted by molar-refractivity contribution is 0.103. The van der Waals surface area contributed by atoms with Crippen molar-refractivity contribution in [2.75, 3.05) is 12.5 Å². The van der Waals surface area contributed by atoms with Crippen LogP contribution >= 0.6 is 23.5 Å². The first-order valence-corrected chi connectivity index (χ1v) is 8.75. The molecule has 0 N–H and O–H groups in total. The number of rotatable bonds is 4. The summed E-state index contributed by atoms with van der Waals surface area (Å²) in [4.78, 5) is 21.4. The number of hydrogen-bond donors (Lipinski definition) is 0. The third-order valence-corrected chi connectivity index (χ3v) is 4.34. The van der Waals surface area contributed by atoms with Gasteiger partial charge >= 0.3 is 0 Å². The van der Waals surface area contributed by atoms with Gasteiger partial charge in [-0.2, -0.15) is 0 Å². The zero-order valence-electron chi connectivity index (χ0n) is 11.6. The van der Waals surface area contributed by atoms with Gasteiger partial charge in [0.25, 0.3) is 0 Å². The number of carbonyl (C=O) groups excluding carboxylic acids is 1. The van der Waals surface area contributed by atoms with Crippen molar-refractivity contribution < 1.29 is 4.79 Å². The van der Waals surface area contributed by atoms with Crippen LogP contribution in [0.2, 0.25) is 0 Å². The molecule has 3 rings (SSSR count). The first kappa shape index (κ1) is 14.2. The fraction of sp³-hybridized carbons (Fsp3) is 0.133. The number of carbonyl (C=O) groups is 1. The SMILES string of the molecule is CSc1cc2nc(C(=O)c3ccccc3)cn2c(SC)n1. The van der Waals surface area contributed by atoms with Gasteiger partial charge < -0.3 is 0 Å². The van der Waals surface area contributed by atoms with Gasteiger partial charge in [-0.3, -0.25) is 9.20 Å².